The standard InChI is InChI=1S/C26H23Cl4NO4/c27-23-15-22(33-14-11-25(29)30)16-24(28)26(23)34-13-4-12-32-21-9-7-19(8-10-21)17-31-35-18-20-5-2-1-3-6-20/h1-3,5-11,15-17H,4,12-14,18H2. The molecule has 0 heterocycles. The molecule has 184 valence electrons. The van der Waals surface area contributed by atoms with E-state index in [2.05, 4.69) is 5.16 Å². The van der Waals surface area contributed by atoms with Crippen molar-refractivity contribution in [2.45, 2.75) is 13.0 Å². The second-order valence-corrected chi connectivity index (χ2v) is 8.96. The first-order chi connectivity index (χ1) is 17.0. The van der Waals surface area contributed by atoms with Crippen molar-refractivity contribution < 1.29 is 19.0 Å². The lowest BCUT2D eigenvalue weighted by atomic mass is 10.2. The van der Waals surface area contributed by atoms with Gasteiger partial charge >= 0.3 is 0 Å². The molecule has 3 rings (SSSR count). The molecular formula is C26H23Cl4NO4. The highest BCUT2D eigenvalue weighted by molar-refractivity contribution is 6.55. The third kappa shape index (κ3) is 9.90. The molecule has 0 aliphatic heterocycles. The summed E-state index contributed by atoms with van der Waals surface area (Å²) < 4.78 is 17.1. The minimum Gasteiger partial charge on any atom is -0.493 e. The van der Waals surface area contributed by atoms with E-state index in [0.29, 0.717) is 47.8 Å². The van der Waals surface area contributed by atoms with Crippen LogP contribution in [0.25, 0.3) is 0 Å². The van der Waals surface area contributed by atoms with Crippen LogP contribution in [0.5, 0.6) is 17.2 Å². The Morgan fingerprint density at radius 1 is 0.800 bits per heavy atom. The van der Waals surface area contributed by atoms with Gasteiger partial charge in [0.2, 0.25) is 0 Å². The van der Waals surface area contributed by atoms with E-state index in [1.165, 1.54) is 6.08 Å². The summed E-state index contributed by atoms with van der Waals surface area (Å²) in [5.41, 5.74) is 1.97. The van der Waals surface area contributed by atoms with E-state index >= 15 is 0 Å². The van der Waals surface area contributed by atoms with Crippen molar-refractivity contribution in [3.8, 4) is 17.2 Å². The number of rotatable bonds is 13. The fourth-order valence-corrected chi connectivity index (χ4v) is 3.52. The number of oxime groups is 1. The fraction of sp³-hybridized carbons (Fsp3) is 0.192. The van der Waals surface area contributed by atoms with Gasteiger partial charge < -0.3 is 19.0 Å². The summed E-state index contributed by atoms with van der Waals surface area (Å²) in [6.45, 7) is 1.47. The Morgan fingerprint density at radius 3 is 2.17 bits per heavy atom. The first kappa shape index (κ1) is 27.0. The minimum absolute atomic E-state index is 0.123. The highest BCUT2D eigenvalue weighted by Gasteiger charge is 2.10. The van der Waals surface area contributed by atoms with Crippen LogP contribution < -0.4 is 14.2 Å². The largest absolute Gasteiger partial charge is 0.493 e. The van der Waals surface area contributed by atoms with Gasteiger partial charge in [0.1, 0.15) is 29.2 Å². The Bertz CT molecular complexity index is 1090. The molecule has 0 saturated carbocycles. The molecule has 3 aromatic carbocycles. The smallest absolute Gasteiger partial charge is 0.156 e. The number of ether oxygens (including phenoxy) is 3. The molecule has 35 heavy (non-hydrogen) atoms. The zero-order chi connectivity index (χ0) is 24.9. The van der Waals surface area contributed by atoms with Crippen LogP contribution in [-0.4, -0.2) is 26.0 Å². The van der Waals surface area contributed by atoms with Crippen LogP contribution in [0.2, 0.25) is 10.0 Å². The predicted molar refractivity (Wildman–Crippen MR) is 143 cm³/mol. The van der Waals surface area contributed by atoms with Crippen LogP contribution in [0.1, 0.15) is 17.5 Å². The number of hydrogen-bond donors (Lipinski definition) is 0. The molecule has 0 aliphatic carbocycles. The minimum atomic E-state index is 0.123. The van der Waals surface area contributed by atoms with Gasteiger partial charge in [-0.25, -0.2) is 0 Å². The molecule has 0 unspecified atom stereocenters. The molecular weight excluding hydrogens is 532 g/mol. The van der Waals surface area contributed by atoms with E-state index in [4.69, 9.17) is 65.5 Å². The molecule has 0 N–H and O–H groups in total. The molecule has 0 aliphatic rings. The lowest BCUT2D eigenvalue weighted by molar-refractivity contribution is 0.132. The topological polar surface area (TPSA) is 49.3 Å². The van der Waals surface area contributed by atoms with E-state index < -0.39 is 0 Å². The Labute approximate surface area is 224 Å². The van der Waals surface area contributed by atoms with Crippen LogP contribution in [0, 0.1) is 0 Å². The summed E-state index contributed by atoms with van der Waals surface area (Å²) in [7, 11) is 0. The third-order valence-corrected chi connectivity index (χ3v) is 5.36. The molecule has 0 radical (unpaired) electrons. The van der Waals surface area contributed by atoms with Gasteiger partial charge in [0.05, 0.1) is 29.5 Å². The average molecular weight is 555 g/mol. The number of benzene rings is 3. The number of halogens is 4. The number of hydrogen-bond acceptors (Lipinski definition) is 5. The van der Waals surface area contributed by atoms with Gasteiger partial charge in [-0.05, 0) is 41.5 Å². The van der Waals surface area contributed by atoms with Gasteiger partial charge in [-0.15, -0.1) is 0 Å². The van der Waals surface area contributed by atoms with Gasteiger partial charge in [-0.1, -0.05) is 81.9 Å². The Balaban J connectivity index is 1.36. The highest BCUT2D eigenvalue weighted by atomic mass is 35.5. The molecule has 0 atom stereocenters. The van der Waals surface area contributed by atoms with Crippen LogP contribution in [-0.2, 0) is 11.4 Å². The molecule has 9 heteroatoms. The van der Waals surface area contributed by atoms with Crippen molar-refractivity contribution in [1.82, 2.24) is 0 Å². The molecule has 3 aromatic rings. The summed E-state index contributed by atoms with van der Waals surface area (Å²) in [5, 5.41) is 4.69. The second kappa shape index (κ2) is 14.7. The van der Waals surface area contributed by atoms with Crippen LogP contribution >= 0.6 is 46.4 Å². The van der Waals surface area contributed by atoms with Crippen LogP contribution in [0.3, 0.4) is 0 Å². The Morgan fingerprint density at radius 2 is 1.49 bits per heavy atom. The molecule has 0 fully saturated rings. The molecule has 0 bridgehead atoms. The average Bonchev–Trinajstić information content (AvgIpc) is 2.84. The van der Waals surface area contributed by atoms with E-state index in [0.717, 1.165) is 16.9 Å². The quantitative estimate of drug-likeness (QED) is 0.122. The van der Waals surface area contributed by atoms with Crippen molar-refractivity contribution in [2.24, 2.45) is 5.16 Å². The lowest BCUT2D eigenvalue weighted by Gasteiger charge is -2.12. The van der Waals surface area contributed by atoms with Crippen molar-refractivity contribution in [3.05, 3.63) is 98.5 Å². The van der Waals surface area contributed by atoms with Crippen LogP contribution in [0.4, 0.5) is 0 Å². The highest BCUT2D eigenvalue weighted by Crippen LogP contribution is 2.37. The predicted octanol–water partition coefficient (Wildman–Crippen LogP) is 8.09. The third-order valence-electron chi connectivity index (χ3n) is 4.49. The van der Waals surface area contributed by atoms with E-state index in [1.54, 1.807) is 18.3 Å². The van der Waals surface area contributed by atoms with Gasteiger partial charge in [-0.2, -0.15) is 0 Å². The monoisotopic (exact) mass is 553 g/mol. The molecule has 0 aromatic heterocycles. The molecule has 0 saturated heterocycles. The maximum Gasteiger partial charge on any atom is 0.156 e. The first-order valence-corrected chi connectivity index (χ1v) is 12.2. The van der Waals surface area contributed by atoms with Gasteiger partial charge in [-0.3, -0.25) is 0 Å². The first-order valence-electron chi connectivity index (χ1n) is 10.7. The summed E-state index contributed by atoms with van der Waals surface area (Å²) in [6.07, 6.45) is 3.81. The molecule has 5 nitrogen and oxygen atoms in total. The van der Waals surface area contributed by atoms with E-state index in [-0.39, 0.29) is 11.1 Å². The summed E-state index contributed by atoms with van der Waals surface area (Å²) >= 11 is 23.6. The van der Waals surface area contributed by atoms with E-state index in [9.17, 15) is 0 Å². The Hall–Kier alpha value is -2.57. The number of nitrogens with zero attached hydrogens (tertiary/aromatic N) is 1. The second-order valence-electron chi connectivity index (χ2n) is 7.13. The zero-order valence-corrected chi connectivity index (χ0v) is 21.7. The van der Waals surface area contributed by atoms with Crippen molar-refractivity contribution in [2.75, 3.05) is 19.8 Å². The van der Waals surface area contributed by atoms with Crippen LogP contribution in [0.15, 0.2) is 82.5 Å². The Kier molecular flexibility index (Phi) is 11.4. The SMILES string of the molecule is ClC(Cl)=CCOc1cc(Cl)c(OCCCOc2ccc(C=NOCc3ccccc3)cc2)c(Cl)c1. The maximum absolute atomic E-state index is 6.27. The molecule has 0 spiro atoms. The van der Waals surface area contributed by atoms with Gasteiger partial charge in [0.15, 0.2) is 5.75 Å². The summed E-state index contributed by atoms with van der Waals surface area (Å²) in [4.78, 5) is 5.32. The lowest BCUT2D eigenvalue weighted by Crippen LogP contribution is -2.05. The van der Waals surface area contributed by atoms with E-state index in [1.807, 2.05) is 54.6 Å². The fourth-order valence-electron chi connectivity index (χ4n) is 2.82. The zero-order valence-electron chi connectivity index (χ0n) is 18.6. The summed E-state index contributed by atoms with van der Waals surface area (Å²) in [6, 6.07) is 20.7. The molecule has 0 amide bonds. The van der Waals surface area contributed by atoms with Crippen molar-refractivity contribution in [3.63, 3.8) is 0 Å². The summed E-state index contributed by atoms with van der Waals surface area (Å²) in [5.74, 6) is 1.62. The van der Waals surface area contributed by atoms with Crippen molar-refractivity contribution in [1.29, 1.82) is 0 Å². The van der Waals surface area contributed by atoms with Gasteiger partial charge in [0.25, 0.3) is 0 Å². The van der Waals surface area contributed by atoms with Crippen molar-refractivity contribution >= 4 is 52.6 Å². The maximum atomic E-state index is 6.27. The van der Waals surface area contributed by atoms with Gasteiger partial charge in [0, 0.05) is 18.6 Å². The normalized spacial score (nSPS) is 10.7.